The van der Waals surface area contributed by atoms with Gasteiger partial charge in [0.2, 0.25) is 5.91 Å². The molecule has 1 aromatic carbocycles. The number of methoxy groups -OCH3 is 1. The van der Waals surface area contributed by atoms with Gasteiger partial charge in [0, 0.05) is 11.8 Å². The van der Waals surface area contributed by atoms with Crippen molar-refractivity contribution in [1.29, 1.82) is 0 Å². The van der Waals surface area contributed by atoms with E-state index in [9.17, 15) is 4.79 Å². The van der Waals surface area contributed by atoms with Crippen LogP contribution in [0.15, 0.2) is 18.2 Å². The van der Waals surface area contributed by atoms with E-state index in [0.717, 1.165) is 19.3 Å². The summed E-state index contributed by atoms with van der Waals surface area (Å²) in [5, 5.41) is 3.29. The molecule has 0 spiro atoms. The van der Waals surface area contributed by atoms with Crippen molar-refractivity contribution < 1.29 is 9.53 Å². The smallest absolute Gasteiger partial charge is 0.244 e. The molecular weight excluding hydrogens is 240 g/mol. The Hall–Kier alpha value is -1.26. The van der Waals surface area contributed by atoms with E-state index in [2.05, 4.69) is 5.32 Å². The number of carbonyl (C=O) groups is 1. The van der Waals surface area contributed by atoms with E-state index in [1.54, 1.807) is 18.2 Å². The summed E-state index contributed by atoms with van der Waals surface area (Å²) in [7, 11) is 1.53. The van der Waals surface area contributed by atoms with E-state index in [1.165, 1.54) is 7.11 Å². The largest absolute Gasteiger partial charge is 0.495 e. The molecule has 17 heavy (non-hydrogen) atoms. The normalized spacial score (nSPS) is 17.1. The summed E-state index contributed by atoms with van der Waals surface area (Å²) in [5.41, 5.74) is 5.87. The Kier molecular flexibility index (Phi) is 3.26. The predicted octanol–water partition coefficient (Wildman–Crippen LogP) is 2.17. The summed E-state index contributed by atoms with van der Waals surface area (Å²) in [5.74, 6) is 0.386. The second-order valence-electron chi connectivity index (χ2n) is 4.31. The molecule has 4 nitrogen and oxygen atoms in total. The van der Waals surface area contributed by atoms with Crippen molar-refractivity contribution in [2.75, 3.05) is 12.4 Å². The number of ether oxygens (including phenoxy) is 1. The zero-order valence-corrected chi connectivity index (χ0v) is 10.4. The van der Waals surface area contributed by atoms with Gasteiger partial charge in [0.15, 0.2) is 0 Å². The van der Waals surface area contributed by atoms with Gasteiger partial charge >= 0.3 is 0 Å². The first-order valence-corrected chi connectivity index (χ1v) is 5.87. The molecule has 1 amide bonds. The molecule has 0 aliphatic heterocycles. The van der Waals surface area contributed by atoms with Gasteiger partial charge in [-0.15, -0.1) is 0 Å². The second-order valence-corrected chi connectivity index (χ2v) is 4.72. The first-order chi connectivity index (χ1) is 8.05. The highest BCUT2D eigenvalue weighted by atomic mass is 35.5. The fourth-order valence-corrected chi connectivity index (χ4v) is 1.97. The maximum Gasteiger partial charge on any atom is 0.244 e. The maximum absolute atomic E-state index is 11.9. The molecule has 0 bridgehead atoms. The number of amides is 1. The molecule has 0 heterocycles. The molecule has 2 rings (SSSR count). The highest BCUT2D eigenvalue weighted by molar-refractivity contribution is 6.32. The molecule has 0 radical (unpaired) electrons. The molecule has 0 atom stereocenters. The SMILES string of the molecule is COc1cc(NC(=O)C2(N)CCC2)ccc1Cl. The summed E-state index contributed by atoms with van der Waals surface area (Å²) >= 11 is 5.90. The van der Waals surface area contributed by atoms with E-state index in [-0.39, 0.29) is 5.91 Å². The van der Waals surface area contributed by atoms with Gasteiger partial charge in [-0.2, -0.15) is 0 Å². The van der Waals surface area contributed by atoms with Gasteiger partial charge in [0.1, 0.15) is 5.75 Å². The van der Waals surface area contributed by atoms with Crippen molar-refractivity contribution in [3.63, 3.8) is 0 Å². The van der Waals surface area contributed by atoms with E-state index in [4.69, 9.17) is 22.1 Å². The molecular formula is C12H15ClN2O2. The fourth-order valence-electron chi connectivity index (χ4n) is 1.78. The Morgan fingerprint density at radius 3 is 2.76 bits per heavy atom. The third-order valence-corrected chi connectivity index (χ3v) is 3.42. The van der Waals surface area contributed by atoms with E-state index in [0.29, 0.717) is 16.5 Å². The van der Waals surface area contributed by atoms with Crippen LogP contribution in [0.25, 0.3) is 0 Å². The van der Waals surface area contributed by atoms with Gasteiger partial charge in [-0.25, -0.2) is 0 Å². The van der Waals surface area contributed by atoms with Crippen LogP contribution in [0.5, 0.6) is 5.75 Å². The summed E-state index contributed by atoms with van der Waals surface area (Å²) < 4.78 is 5.08. The van der Waals surface area contributed by atoms with Crippen molar-refractivity contribution in [1.82, 2.24) is 0 Å². The Labute approximate surface area is 105 Å². The summed E-state index contributed by atoms with van der Waals surface area (Å²) in [4.78, 5) is 11.9. The van der Waals surface area contributed by atoms with Crippen molar-refractivity contribution >= 4 is 23.2 Å². The van der Waals surface area contributed by atoms with E-state index in [1.807, 2.05) is 0 Å². The lowest BCUT2D eigenvalue weighted by molar-refractivity contribution is -0.123. The Morgan fingerprint density at radius 1 is 1.53 bits per heavy atom. The summed E-state index contributed by atoms with van der Waals surface area (Å²) in [6, 6.07) is 5.09. The number of hydrogen-bond acceptors (Lipinski definition) is 3. The van der Waals surface area contributed by atoms with Crippen molar-refractivity contribution in [3.05, 3.63) is 23.2 Å². The van der Waals surface area contributed by atoms with Crippen LogP contribution in [0.2, 0.25) is 5.02 Å². The van der Waals surface area contributed by atoms with Crippen LogP contribution in [0, 0.1) is 0 Å². The number of nitrogens with two attached hydrogens (primary N) is 1. The minimum atomic E-state index is -0.702. The number of hydrogen-bond donors (Lipinski definition) is 2. The van der Waals surface area contributed by atoms with Crippen LogP contribution in [0.4, 0.5) is 5.69 Å². The van der Waals surface area contributed by atoms with Gasteiger partial charge in [0.25, 0.3) is 0 Å². The van der Waals surface area contributed by atoms with Crippen LogP contribution in [-0.4, -0.2) is 18.6 Å². The first-order valence-electron chi connectivity index (χ1n) is 5.49. The molecule has 1 aliphatic rings. The quantitative estimate of drug-likeness (QED) is 0.869. The molecule has 1 aliphatic carbocycles. The molecule has 0 saturated heterocycles. The lowest BCUT2D eigenvalue weighted by Gasteiger charge is -2.36. The highest BCUT2D eigenvalue weighted by Crippen LogP contribution is 2.32. The van der Waals surface area contributed by atoms with Crippen LogP contribution in [0.1, 0.15) is 19.3 Å². The van der Waals surface area contributed by atoms with Crippen molar-refractivity contribution in [2.45, 2.75) is 24.8 Å². The fraction of sp³-hybridized carbons (Fsp3) is 0.417. The van der Waals surface area contributed by atoms with Gasteiger partial charge in [0.05, 0.1) is 17.7 Å². The molecule has 1 saturated carbocycles. The Bertz CT molecular complexity index is 444. The zero-order chi connectivity index (χ0) is 12.5. The van der Waals surface area contributed by atoms with E-state index < -0.39 is 5.54 Å². The standard InChI is InChI=1S/C12H15ClN2O2/c1-17-10-7-8(3-4-9(10)13)15-11(16)12(14)5-2-6-12/h3-4,7H,2,5-6,14H2,1H3,(H,15,16). The number of anilines is 1. The minimum absolute atomic E-state index is 0.145. The third-order valence-electron chi connectivity index (χ3n) is 3.11. The lowest BCUT2D eigenvalue weighted by atomic mass is 9.77. The van der Waals surface area contributed by atoms with Crippen molar-refractivity contribution in [3.8, 4) is 5.75 Å². The second kappa shape index (κ2) is 4.55. The zero-order valence-electron chi connectivity index (χ0n) is 9.63. The molecule has 5 heteroatoms. The Morgan fingerprint density at radius 2 is 2.24 bits per heavy atom. The van der Waals surface area contributed by atoms with Crippen LogP contribution >= 0.6 is 11.6 Å². The summed E-state index contributed by atoms with van der Waals surface area (Å²) in [6.45, 7) is 0. The monoisotopic (exact) mass is 254 g/mol. The molecule has 1 aromatic rings. The number of nitrogens with one attached hydrogen (secondary N) is 1. The van der Waals surface area contributed by atoms with Gasteiger partial charge in [-0.05, 0) is 31.4 Å². The topological polar surface area (TPSA) is 64.3 Å². The predicted molar refractivity (Wildman–Crippen MR) is 67.4 cm³/mol. The Balaban J connectivity index is 2.11. The van der Waals surface area contributed by atoms with E-state index >= 15 is 0 Å². The molecule has 3 N–H and O–H groups in total. The number of carbonyl (C=O) groups excluding carboxylic acids is 1. The number of benzene rings is 1. The highest BCUT2D eigenvalue weighted by Gasteiger charge is 2.40. The number of halogens is 1. The van der Waals surface area contributed by atoms with Crippen LogP contribution < -0.4 is 15.8 Å². The third kappa shape index (κ3) is 2.37. The van der Waals surface area contributed by atoms with Crippen LogP contribution in [-0.2, 0) is 4.79 Å². The maximum atomic E-state index is 11.9. The van der Waals surface area contributed by atoms with Crippen molar-refractivity contribution in [2.24, 2.45) is 5.73 Å². The average Bonchev–Trinajstić information content (AvgIpc) is 2.28. The lowest BCUT2D eigenvalue weighted by Crippen LogP contribution is -2.56. The first kappa shape index (κ1) is 12.2. The molecule has 0 unspecified atom stereocenters. The molecule has 0 aromatic heterocycles. The molecule has 92 valence electrons. The van der Waals surface area contributed by atoms with Crippen LogP contribution in [0.3, 0.4) is 0 Å². The number of rotatable bonds is 3. The minimum Gasteiger partial charge on any atom is -0.495 e. The van der Waals surface area contributed by atoms with Gasteiger partial charge in [-0.1, -0.05) is 11.6 Å². The summed E-state index contributed by atoms with van der Waals surface area (Å²) in [6.07, 6.45) is 2.49. The van der Waals surface area contributed by atoms with Gasteiger partial charge < -0.3 is 15.8 Å². The van der Waals surface area contributed by atoms with Gasteiger partial charge in [-0.3, -0.25) is 4.79 Å². The average molecular weight is 255 g/mol. The molecule has 1 fully saturated rings.